The minimum absolute atomic E-state index is 0.497. The fraction of sp³-hybridized carbons (Fsp3) is 0.667. The van der Waals surface area contributed by atoms with Crippen molar-refractivity contribution in [1.29, 1.82) is 0 Å². The number of nitrogens with zero attached hydrogens (tertiary/aromatic N) is 2. The summed E-state index contributed by atoms with van der Waals surface area (Å²) in [6.45, 7) is 13.0. The molecule has 6 heteroatoms. The van der Waals surface area contributed by atoms with Gasteiger partial charge in [-0.05, 0) is 45.5 Å². The number of hydrogen-bond donors (Lipinski definition) is 2. The molecule has 2 N–H and O–H groups in total. The van der Waals surface area contributed by atoms with E-state index in [1.54, 1.807) is 0 Å². The normalized spacial score (nSPS) is 17.4. The van der Waals surface area contributed by atoms with Gasteiger partial charge in [0.15, 0.2) is 5.96 Å². The molecule has 0 bridgehead atoms. The molecule has 0 spiro atoms. The molecule has 1 saturated heterocycles. The van der Waals surface area contributed by atoms with Crippen LogP contribution < -0.4 is 15.4 Å². The van der Waals surface area contributed by atoms with Crippen molar-refractivity contribution in [3.05, 3.63) is 29.3 Å². The predicted octanol–water partition coefficient (Wildman–Crippen LogP) is 2.42. The number of guanidine groups is 1. The number of likely N-dealkylation sites (N-methyl/N-ethyl adjacent to an activating group) is 1. The lowest BCUT2D eigenvalue weighted by molar-refractivity contribution is 0.166. The van der Waals surface area contributed by atoms with E-state index < -0.39 is 0 Å². The topological polar surface area (TPSA) is 58.1 Å². The van der Waals surface area contributed by atoms with Crippen LogP contribution in [0.15, 0.2) is 23.2 Å². The third kappa shape index (κ3) is 7.77. The molecule has 152 valence electrons. The molecule has 6 nitrogen and oxygen atoms in total. The van der Waals surface area contributed by atoms with E-state index in [1.807, 2.05) is 0 Å². The molecule has 0 aromatic heterocycles. The molecule has 1 aromatic carbocycles. The maximum absolute atomic E-state index is 6.12. The minimum Gasteiger partial charge on any atom is -0.493 e. The highest BCUT2D eigenvalue weighted by Gasteiger charge is 2.17. The van der Waals surface area contributed by atoms with Crippen LogP contribution in [0.2, 0.25) is 0 Å². The Bertz CT molecular complexity index is 586. The Morgan fingerprint density at radius 3 is 2.89 bits per heavy atom. The van der Waals surface area contributed by atoms with Gasteiger partial charge in [0.1, 0.15) is 5.75 Å². The lowest BCUT2D eigenvalue weighted by Gasteiger charge is -2.17. The molecule has 1 atom stereocenters. The number of nitrogens with one attached hydrogen (secondary N) is 2. The fourth-order valence-corrected chi connectivity index (χ4v) is 2.88. The molecule has 1 aromatic rings. The summed E-state index contributed by atoms with van der Waals surface area (Å²) in [4.78, 5) is 7.02. The standard InChI is InChI=1S/C21H36N4O2/c1-5-22-21(23-10-11-25(4)6-2)24-14-19-8-7-17(3)13-20(19)27-16-18-9-12-26-15-18/h7-8,13,18H,5-6,9-12,14-16H2,1-4H3,(H2,22,23,24). The van der Waals surface area contributed by atoms with E-state index in [0.29, 0.717) is 19.1 Å². The van der Waals surface area contributed by atoms with Gasteiger partial charge in [-0.1, -0.05) is 19.1 Å². The molecule has 0 aliphatic carbocycles. The number of ether oxygens (including phenoxy) is 2. The first-order valence-electron chi connectivity index (χ1n) is 10.1. The van der Waals surface area contributed by atoms with Gasteiger partial charge in [-0.25, -0.2) is 4.99 Å². The van der Waals surface area contributed by atoms with Crippen LogP contribution in [0.1, 0.15) is 31.4 Å². The molecule has 0 saturated carbocycles. The second-order valence-corrected chi connectivity index (χ2v) is 7.17. The monoisotopic (exact) mass is 376 g/mol. The SMILES string of the molecule is CCNC(=NCc1ccc(C)cc1OCC1CCOC1)NCCN(C)CC. The van der Waals surface area contributed by atoms with Crippen molar-refractivity contribution >= 4 is 5.96 Å². The van der Waals surface area contributed by atoms with E-state index in [4.69, 9.17) is 14.5 Å². The summed E-state index contributed by atoms with van der Waals surface area (Å²) in [7, 11) is 2.12. The van der Waals surface area contributed by atoms with Gasteiger partial charge in [0.25, 0.3) is 0 Å². The Morgan fingerprint density at radius 1 is 1.33 bits per heavy atom. The number of hydrogen-bond acceptors (Lipinski definition) is 4. The molecule has 1 fully saturated rings. The van der Waals surface area contributed by atoms with Crippen LogP contribution in [0.5, 0.6) is 5.75 Å². The van der Waals surface area contributed by atoms with Gasteiger partial charge < -0.3 is 25.0 Å². The van der Waals surface area contributed by atoms with Gasteiger partial charge in [0, 0.05) is 37.7 Å². The van der Waals surface area contributed by atoms with Gasteiger partial charge in [-0.3, -0.25) is 0 Å². The Kier molecular flexibility index (Phi) is 9.42. The number of aryl methyl sites for hydroxylation is 1. The largest absolute Gasteiger partial charge is 0.493 e. The first kappa shape index (κ1) is 21.5. The van der Waals surface area contributed by atoms with Crippen LogP contribution in [0, 0.1) is 12.8 Å². The van der Waals surface area contributed by atoms with Gasteiger partial charge in [0.2, 0.25) is 0 Å². The lowest BCUT2D eigenvalue weighted by Crippen LogP contribution is -2.40. The molecule has 1 aliphatic rings. The molecule has 1 unspecified atom stereocenters. The molecule has 27 heavy (non-hydrogen) atoms. The van der Waals surface area contributed by atoms with E-state index in [2.05, 4.69) is 61.6 Å². The van der Waals surface area contributed by atoms with Crippen molar-refractivity contribution in [3.8, 4) is 5.75 Å². The summed E-state index contributed by atoms with van der Waals surface area (Å²) in [5.41, 5.74) is 2.32. The zero-order valence-corrected chi connectivity index (χ0v) is 17.4. The smallest absolute Gasteiger partial charge is 0.191 e. The van der Waals surface area contributed by atoms with Crippen LogP contribution >= 0.6 is 0 Å². The quantitative estimate of drug-likeness (QED) is 0.485. The highest BCUT2D eigenvalue weighted by Crippen LogP contribution is 2.23. The van der Waals surface area contributed by atoms with Crippen molar-refractivity contribution in [2.24, 2.45) is 10.9 Å². The molecular formula is C21H36N4O2. The number of benzene rings is 1. The zero-order chi connectivity index (χ0) is 19.5. The highest BCUT2D eigenvalue weighted by atomic mass is 16.5. The van der Waals surface area contributed by atoms with Gasteiger partial charge in [-0.2, -0.15) is 0 Å². The van der Waals surface area contributed by atoms with Crippen molar-refractivity contribution in [3.63, 3.8) is 0 Å². The number of rotatable bonds is 10. The van der Waals surface area contributed by atoms with Crippen LogP contribution in [-0.4, -0.2) is 63.9 Å². The Labute approximate surface area is 164 Å². The Balaban J connectivity index is 1.96. The first-order chi connectivity index (χ1) is 13.1. The lowest BCUT2D eigenvalue weighted by atomic mass is 10.1. The molecule has 0 radical (unpaired) electrons. The van der Waals surface area contributed by atoms with Gasteiger partial charge in [-0.15, -0.1) is 0 Å². The molecule has 0 amide bonds. The molecule has 2 rings (SSSR count). The Hall–Kier alpha value is -1.79. The third-order valence-corrected chi connectivity index (χ3v) is 4.80. The molecule has 1 aliphatic heterocycles. The van der Waals surface area contributed by atoms with Crippen LogP contribution in [-0.2, 0) is 11.3 Å². The molecular weight excluding hydrogens is 340 g/mol. The summed E-state index contributed by atoms with van der Waals surface area (Å²) < 4.78 is 11.6. The second kappa shape index (κ2) is 11.8. The maximum atomic E-state index is 6.12. The second-order valence-electron chi connectivity index (χ2n) is 7.17. The average Bonchev–Trinajstić information content (AvgIpc) is 3.18. The van der Waals surface area contributed by atoms with E-state index in [1.165, 1.54) is 5.56 Å². The highest BCUT2D eigenvalue weighted by molar-refractivity contribution is 5.79. The molecule has 1 heterocycles. The number of aliphatic imine (C=N–C) groups is 1. The summed E-state index contributed by atoms with van der Waals surface area (Å²) in [5.74, 6) is 2.28. The van der Waals surface area contributed by atoms with Gasteiger partial charge in [0.05, 0.1) is 19.8 Å². The van der Waals surface area contributed by atoms with Crippen LogP contribution in [0.25, 0.3) is 0 Å². The van der Waals surface area contributed by atoms with Gasteiger partial charge >= 0.3 is 0 Å². The first-order valence-corrected chi connectivity index (χ1v) is 10.1. The minimum atomic E-state index is 0.497. The zero-order valence-electron chi connectivity index (χ0n) is 17.4. The van der Waals surface area contributed by atoms with Crippen molar-refractivity contribution in [2.45, 2.75) is 33.7 Å². The van der Waals surface area contributed by atoms with E-state index in [9.17, 15) is 0 Å². The maximum Gasteiger partial charge on any atom is 0.191 e. The fourth-order valence-electron chi connectivity index (χ4n) is 2.88. The third-order valence-electron chi connectivity index (χ3n) is 4.80. The van der Waals surface area contributed by atoms with E-state index >= 15 is 0 Å². The summed E-state index contributed by atoms with van der Waals surface area (Å²) >= 11 is 0. The summed E-state index contributed by atoms with van der Waals surface area (Å²) in [5, 5.41) is 6.72. The van der Waals surface area contributed by atoms with E-state index in [0.717, 1.165) is 63.1 Å². The van der Waals surface area contributed by atoms with E-state index in [-0.39, 0.29) is 0 Å². The van der Waals surface area contributed by atoms with Crippen molar-refractivity contribution < 1.29 is 9.47 Å². The average molecular weight is 377 g/mol. The van der Waals surface area contributed by atoms with Crippen LogP contribution in [0.4, 0.5) is 0 Å². The van der Waals surface area contributed by atoms with Crippen molar-refractivity contribution in [2.75, 3.05) is 53.0 Å². The Morgan fingerprint density at radius 2 is 2.19 bits per heavy atom. The summed E-state index contributed by atoms with van der Waals surface area (Å²) in [6, 6.07) is 6.35. The van der Waals surface area contributed by atoms with Crippen LogP contribution in [0.3, 0.4) is 0 Å². The van der Waals surface area contributed by atoms with Crippen molar-refractivity contribution in [1.82, 2.24) is 15.5 Å². The summed E-state index contributed by atoms with van der Waals surface area (Å²) in [6.07, 6.45) is 1.08. The predicted molar refractivity (Wildman–Crippen MR) is 112 cm³/mol.